The van der Waals surface area contributed by atoms with Crippen molar-refractivity contribution in [2.75, 3.05) is 30.8 Å². The van der Waals surface area contributed by atoms with E-state index in [4.69, 9.17) is 11.5 Å². The van der Waals surface area contributed by atoms with Crippen molar-refractivity contribution in [2.45, 2.75) is 18.7 Å². The van der Waals surface area contributed by atoms with Crippen LogP contribution < -0.4 is 21.1 Å². The first-order valence-electron chi connectivity index (χ1n) is 6.53. The van der Waals surface area contributed by atoms with E-state index >= 15 is 0 Å². The van der Waals surface area contributed by atoms with Gasteiger partial charge in [0.25, 0.3) is 0 Å². The molecule has 0 saturated carbocycles. The van der Waals surface area contributed by atoms with Crippen molar-refractivity contribution >= 4 is 27.3 Å². The summed E-state index contributed by atoms with van der Waals surface area (Å²) in [6, 6.07) is 4.58. The van der Waals surface area contributed by atoms with Crippen LogP contribution in [0.15, 0.2) is 23.1 Å². The molecule has 1 rings (SSSR count). The molecule has 0 aliphatic heterocycles. The van der Waals surface area contributed by atoms with Crippen LogP contribution in [0.25, 0.3) is 0 Å². The number of primary amides is 1. The van der Waals surface area contributed by atoms with Gasteiger partial charge in [0.05, 0.1) is 12.2 Å². The molecule has 118 valence electrons. The topological polar surface area (TPSA) is 119 Å². The second kappa shape index (κ2) is 6.77. The minimum Gasteiger partial charge on any atom is -0.398 e. The van der Waals surface area contributed by atoms with Gasteiger partial charge in [-0.15, -0.1) is 0 Å². The summed E-state index contributed by atoms with van der Waals surface area (Å²) in [5.74, 6) is -0.146. The largest absolute Gasteiger partial charge is 0.398 e. The lowest BCUT2D eigenvalue weighted by Crippen LogP contribution is -2.36. The number of nitrogen functional groups attached to an aromatic ring is 1. The van der Waals surface area contributed by atoms with E-state index in [0.717, 1.165) is 0 Å². The summed E-state index contributed by atoms with van der Waals surface area (Å²) in [7, 11) is -2.28. The molecule has 0 unspecified atom stereocenters. The Hall–Kier alpha value is -1.80. The van der Waals surface area contributed by atoms with Gasteiger partial charge in [-0.05, 0) is 31.2 Å². The Balaban J connectivity index is 3.17. The third-order valence-corrected chi connectivity index (χ3v) is 4.34. The Morgan fingerprint density at radius 1 is 1.38 bits per heavy atom. The monoisotopic (exact) mass is 314 g/mol. The third kappa shape index (κ3) is 4.61. The summed E-state index contributed by atoms with van der Waals surface area (Å²) < 4.78 is 25.8. The molecule has 8 heteroatoms. The Morgan fingerprint density at radius 3 is 2.43 bits per heavy atom. The SMILES string of the molecule is CNS(=O)(=O)c1ccc(N(CC(N)=O)CC(C)C)cc1N. The molecule has 1 aromatic carbocycles. The number of benzene rings is 1. The summed E-state index contributed by atoms with van der Waals surface area (Å²) >= 11 is 0. The minimum absolute atomic E-state index is 0.0114. The van der Waals surface area contributed by atoms with Crippen molar-refractivity contribution in [3.05, 3.63) is 18.2 Å². The highest BCUT2D eigenvalue weighted by atomic mass is 32.2. The fraction of sp³-hybridized carbons (Fsp3) is 0.462. The molecule has 7 nitrogen and oxygen atoms in total. The van der Waals surface area contributed by atoms with Gasteiger partial charge in [-0.1, -0.05) is 13.8 Å². The highest BCUT2D eigenvalue weighted by Gasteiger charge is 2.18. The van der Waals surface area contributed by atoms with Crippen LogP contribution in [-0.2, 0) is 14.8 Å². The van der Waals surface area contributed by atoms with E-state index in [1.807, 2.05) is 13.8 Å². The Bertz CT molecular complexity index is 614. The van der Waals surface area contributed by atoms with E-state index in [9.17, 15) is 13.2 Å². The highest BCUT2D eigenvalue weighted by molar-refractivity contribution is 7.89. The molecule has 0 aliphatic carbocycles. The predicted molar refractivity (Wildman–Crippen MR) is 83.3 cm³/mol. The maximum Gasteiger partial charge on any atom is 0.242 e. The molecule has 0 bridgehead atoms. The Labute approximate surface area is 125 Å². The van der Waals surface area contributed by atoms with Crippen molar-refractivity contribution in [2.24, 2.45) is 11.7 Å². The van der Waals surface area contributed by atoms with Gasteiger partial charge in [-0.3, -0.25) is 4.79 Å². The number of sulfonamides is 1. The summed E-state index contributed by atoms with van der Waals surface area (Å²) in [5.41, 5.74) is 11.9. The third-order valence-electron chi connectivity index (χ3n) is 2.85. The number of hydrogen-bond donors (Lipinski definition) is 3. The van der Waals surface area contributed by atoms with Crippen LogP contribution in [0.3, 0.4) is 0 Å². The lowest BCUT2D eigenvalue weighted by atomic mass is 10.1. The van der Waals surface area contributed by atoms with Gasteiger partial charge < -0.3 is 16.4 Å². The molecule has 0 fully saturated rings. The number of nitrogens with zero attached hydrogens (tertiary/aromatic N) is 1. The summed E-state index contributed by atoms with van der Waals surface area (Å²) in [6.45, 7) is 4.69. The number of hydrogen-bond acceptors (Lipinski definition) is 5. The van der Waals surface area contributed by atoms with E-state index in [1.54, 1.807) is 11.0 Å². The molecule has 1 aromatic rings. The van der Waals surface area contributed by atoms with E-state index < -0.39 is 15.9 Å². The van der Waals surface area contributed by atoms with Crippen molar-refractivity contribution in [3.8, 4) is 0 Å². The molecule has 0 atom stereocenters. The molecule has 0 aliphatic rings. The molecule has 1 amide bonds. The average molecular weight is 314 g/mol. The normalized spacial score (nSPS) is 11.6. The maximum atomic E-state index is 11.8. The van der Waals surface area contributed by atoms with E-state index in [2.05, 4.69) is 4.72 Å². The number of rotatable bonds is 7. The number of carbonyl (C=O) groups excluding carboxylic acids is 1. The number of amides is 1. The van der Waals surface area contributed by atoms with E-state index in [-0.39, 0.29) is 17.1 Å². The number of nitrogens with one attached hydrogen (secondary N) is 1. The highest BCUT2D eigenvalue weighted by Crippen LogP contribution is 2.25. The standard InChI is InChI=1S/C13H22N4O3S/c1-9(2)7-17(8-13(15)18)10-4-5-12(11(14)6-10)21(19,20)16-3/h4-6,9,16H,7-8,14H2,1-3H3,(H2,15,18). The molecule has 0 radical (unpaired) electrons. The fourth-order valence-electron chi connectivity index (χ4n) is 1.98. The molecule has 0 saturated heterocycles. The second-order valence-corrected chi connectivity index (χ2v) is 7.03. The predicted octanol–water partition coefficient (Wildman–Crippen LogP) is 0.125. The van der Waals surface area contributed by atoms with Crippen LogP contribution >= 0.6 is 0 Å². The quantitative estimate of drug-likeness (QED) is 0.618. The molecule has 5 N–H and O–H groups in total. The van der Waals surface area contributed by atoms with E-state index in [0.29, 0.717) is 18.2 Å². The number of anilines is 2. The van der Waals surface area contributed by atoms with Crippen LogP contribution in [0.4, 0.5) is 11.4 Å². The second-order valence-electron chi connectivity index (χ2n) is 5.17. The molecule has 0 heterocycles. The zero-order valence-electron chi connectivity index (χ0n) is 12.5. The van der Waals surface area contributed by atoms with Gasteiger partial charge >= 0.3 is 0 Å². The van der Waals surface area contributed by atoms with Gasteiger partial charge in [-0.2, -0.15) is 0 Å². The Kier molecular flexibility index (Phi) is 5.56. The molecule has 0 aromatic heterocycles. The van der Waals surface area contributed by atoms with Gasteiger partial charge in [0.2, 0.25) is 15.9 Å². The van der Waals surface area contributed by atoms with Crippen molar-refractivity contribution < 1.29 is 13.2 Å². The van der Waals surface area contributed by atoms with Crippen LogP contribution in [-0.4, -0.2) is 34.5 Å². The number of carbonyl (C=O) groups is 1. The van der Waals surface area contributed by atoms with Gasteiger partial charge in [0.15, 0.2) is 0 Å². The summed E-state index contributed by atoms with van der Waals surface area (Å²) in [4.78, 5) is 13.0. The lowest BCUT2D eigenvalue weighted by Gasteiger charge is -2.26. The van der Waals surface area contributed by atoms with Crippen molar-refractivity contribution in [1.82, 2.24) is 4.72 Å². The summed E-state index contributed by atoms with van der Waals surface area (Å²) in [5, 5.41) is 0. The molecule has 21 heavy (non-hydrogen) atoms. The van der Waals surface area contributed by atoms with Crippen LogP contribution in [0.2, 0.25) is 0 Å². The lowest BCUT2D eigenvalue weighted by molar-refractivity contribution is -0.116. The van der Waals surface area contributed by atoms with Gasteiger partial charge in [0, 0.05) is 12.2 Å². The first-order chi connectivity index (χ1) is 9.67. The number of nitrogens with two attached hydrogens (primary N) is 2. The van der Waals surface area contributed by atoms with Crippen LogP contribution in [0.5, 0.6) is 0 Å². The molecule has 0 spiro atoms. The zero-order valence-corrected chi connectivity index (χ0v) is 13.3. The summed E-state index contributed by atoms with van der Waals surface area (Å²) in [6.07, 6.45) is 0. The van der Waals surface area contributed by atoms with Crippen molar-refractivity contribution in [1.29, 1.82) is 0 Å². The molecular weight excluding hydrogens is 292 g/mol. The average Bonchev–Trinajstić information content (AvgIpc) is 2.36. The van der Waals surface area contributed by atoms with Gasteiger partial charge in [0.1, 0.15) is 4.90 Å². The smallest absolute Gasteiger partial charge is 0.242 e. The maximum absolute atomic E-state index is 11.8. The minimum atomic E-state index is -3.60. The first-order valence-corrected chi connectivity index (χ1v) is 8.02. The Morgan fingerprint density at radius 2 is 2.00 bits per heavy atom. The first kappa shape index (κ1) is 17.3. The fourth-order valence-corrected chi connectivity index (χ4v) is 2.81. The van der Waals surface area contributed by atoms with Crippen LogP contribution in [0.1, 0.15) is 13.8 Å². The van der Waals surface area contributed by atoms with Gasteiger partial charge in [-0.25, -0.2) is 13.1 Å². The molecular formula is C13H22N4O3S. The van der Waals surface area contributed by atoms with Crippen LogP contribution in [0, 0.1) is 5.92 Å². The zero-order chi connectivity index (χ0) is 16.2. The van der Waals surface area contributed by atoms with Crippen molar-refractivity contribution in [3.63, 3.8) is 0 Å². The van der Waals surface area contributed by atoms with E-state index in [1.165, 1.54) is 19.2 Å².